The van der Waals surface area contributed by atoms with Gasteiger partial charge in [-0.3, -0.25) is 33.8 Å². The average molecular weight is 517 g/mol. The molecular weight excluding hydrogens is 485 g/mol. The Labute approximate surface area is 204 Å². The summed E-state index contributed by atoms with van der Waals surface area (Å²) in [6.07, 6.45) is -3.91. The third kappa shape index (κ3) is 4.85. The van der Waals surface area contributed by atoms with Crippen molar-refractivity contribution in [1.29, 1.82) is 0 Å². The monoisotopic (exact) mass is 516 g/mol. The molecule has 1 aromatic rings. The quantitative estimate of drug-likeness (QED) is 0.416. The highest BCUT2D eigenvalue weighted by atomic mass is 19.4. The summed E-state index contributed by atoms with van der Waals surface area (Å²) in [6, 6.07) is -4.22. The highest BCUT2D eigenvalue weighted by Crippen LogP contribution is 2.65. The maximum atomic E-state index is 13.5. The topological polar surface area (TPSA) is 159 Å². The lowest BCUT2D eigenvalue weighted by Crippen LogP contribution is -2.61. The minimum atomic E-state index is -5.20. The Morgan fingerprint density at radius 2 is 1.75 bits per heavy atom. The van der Waals surface area contributed by atoms with Crippen LogP contribution in [0.5, 0.6) is 0 Å². The van der Waals surface area contributed by atoms with E-state index in [1.165, 1.54) is 38.7 Å². The van der Waals surface area contributed by atoms with Crippen LogP contribution in [0.2, 0.25) is 0 Å². The Kier molecular flexibility index (Phi) is 6.56. The van der Waals surface area contributed by atoms with E-state index >= 15 is 0 Å². The van der Waals surface area contributed by atoms with Crippen molar-refractivity contribution in [1.82, 2.24) is 25.3 Å². The fraction of sp³-hybridized carbons (Fsp3) is 0.682. The maximum absolute atomic E-state index is 13.5. The van der Waals surface area contributed by atoms with Crippen LogP contribution < -0.4 is 21.9 Å². The molecule has 200 valence electrons. The van der Waals surface area contributed by atoms with Gasteiger partial charge in [0.05, 0.1) is 5.56 Å². The molecular formula is C22H31F3N6O5. The number of nitrogens with one attached hydrogen (secondary N) is 3. The Morgan fingerprint density at radius 3 is 2.19 bits per heavy atom. The van der Waals surface area contributed by atoms with Crippen molar-refractivity contribution in [3.8, 4) is 0 Å². The predicted molar refractivity (Wildman–Crippen MR) is 120 cm³/mol. The minimum absolute atomic E-state index is 0.0796. The van der Waals surface area contributed by atoms with Crippen molar-refractivity contribution in [3.05, 3.63) is 22.1 Å². The number of halogens is 3. The lowest BCUT2D eigenvalue weighted by atomic mass is 9.85. The molecule has 14 heteroatoms. The summed E-state index contributed by atoms with van der Waals surface area (Å²) in [5.74, 6) is -5.36. The van der Waals surface area contributed by atoms with Crippen LogP contribution in [-0.4, -0.2) is 63.1 Å². The number of alkyl halides is 3. The molecule has 1 aliphatic heterocycles. The number of carbonyl (C=O) groups excluding carboxylic acids is 4. The molecule has 1 saturated heterocycles. The Bertz CT molecular complexity index is 1150. The molecule has 1 saturated carbocycles. The molecule has 0 spiro atoms. The van der Waals surface area contributed by atoms with E-state index in [4.69, 9.17) is 5.73 Å². The van der Waals surface area contributed by atoms with Crippen molar-refractivity contribution in [2.45, 2.75) is 58.9 Å². The number of likely N-dealkylation sites (tertiary alicyclic amines) is 1. The highest BCUT2D eigenvalue weighted by molar-refractivity contribution is 5.96. The first-order chi connectivity index (χ1) is 16.3. The summed E-state index contributed by atoms with van der Waals surface area (Å²) < 4.78 is 40.1. The Balaban J connectivity index is 1.92. The molecule has 5 atom stereocenters. The third-order valence-corrected chi connectivity index (χ3v) is 7.16. The van der Waals surface area contributed by atoms with E-state index in [2.05, 4.69) is 10.4 Å². The predicted octanol–water partition coefficient (Wildman–Crippen LogP) is -0.0678. The zero-order chi connectivity index (χ0) is 27.5. The Morgan fingerprint density at radius 1 is 1.17 bits per heavy atom. The summed E-state index contributed by atoms with van der Waals surface area (Å²) in [5.41, 5.74) is 3.22. The van der Waals surface area contributed by atoms with Gasteiger partial charge in [-0.15, -0.1) is 0 Å². The first-order valence-corrected chi connectivity index (χ1v) is 11.3. The zero-order valence-electron chi connectivity index (χ0n) is 20.8. The first kappa shape index (κ1) is 27.3. The molecule has 1 unspecified atom stereocenters. The van der Waals surface area contributed by atoms with Gasteiger partial charge in [-0.1, -0.05) is 34.6 Å². The van der Waals surface area contributed by atoms with E-state index in [-0.39, 0.29) is 29.4 Å². The van der Waals surface area contributed by atoms with Gasteiger partial charge in [-0.2, -0.15) is 13.2 Å². The van der Waals surface area contributed by atoms with Crippen molar-refractivity contribution in [3.63, 3.8) is 0 Å². The van der Waals surface area contributed by atoms with Gasteiger partial charge in [0.25, 0.3) is 5.56 Å². The standard InChI is InChI=1S/C22H31F3N6O5/c1-20(2,3)14(28-19(36)22(23,24)25)18(35)31-8-10-11(21(10,4)5)13(31)17(34)27-12(15(26)32)9-7-30(6)29-16(9)33/h7,10-14H,8H2,1-6H3,(H2,26,32)(H,27,34)(H,28,36)(H,29,33)/t10-,11-,12?,13-,14+/m0/s1. The van der Waals surface area contributed by atoms with E-state index in [0.717, 1.165) is 4.90 Å². The van der Waals surface area contributed by atoms with Crippen molar-refractivity contribution < 1.29 is 32.3 Å². The van der Waals surface area contributed by atoms with Gasteiger partial charge in [0.15, 0.2) is 0 Å². The SMILES string of the molecule is Cn1cc(C(NC(=O)[C@@H]2[C@@H]3[C@H](CN2C(=O)[C@@H](NC(=O)C(F)(F)F)C(C)(C)C)C3(C)C)C(N)=O)c(=O)[nH]1. The van der Waals surface area contributed by atoms with Gasteiger partial charge in [0.2, 0.25) is 17.7 Å². The van der Waals surface area contributed by atoms with Crippen molar-refractivity contribution in [2.75, 3.05) is 6.54 Å². The number of piperidine rings is 1. The average Bonchev–Trinajstić information content (AvgIpc) is 3.04. The molecule has 0 bridgehead atoms. The van der Waals surface area contributed by atoms with Crippen LogP contribution in [0.3, 0.4) is 0 Å². The molecule has 0 radical (unpaired) electrons. The molecule has 36 heavy (non-hydrogen) atoms. The van der Waals surface area contributed by atoms with E-state index in [9.17, 15) is 37.1 Å². The molecule has 2 heterocycles. The molecule has 1 aromatic heterocycles. The number of carbonyl (C=O) groups is 4. The van der Waals surface area contributed by atoms with E-state index in [0.29, 0.717) is 0 Å². The number of nitrogens with two attached hydrogens (primary N) is 1. The molecule has 3 rings (SSSR count). The first-order valence-electron chi connectivity index (χ1n) is 11.3. The molecule has 4 amide bonds. The number of aryl methyl sites for hydroxylation is 1. The number of nitrogens with zero attached hydrogens (tertiary/aromatic N) is 2. The fourth-order valence-corrected chi connectivity index (χ4v) is 5.10. The number of hydrogen-bond donors (Lipinski definition) is 4. The van der Waals surface area contributed by atoms with Crippen LogP contribution in [0.25, 0.3) is 0 Å². The lowest BCUT2D eigenvalue weighted by Gasteiger charge is -2.37. The minimum Gasteiger partial charge on any atom is -0.368 e. The van der Waals surface area contributed by atoms with Gasteiger partial charge < -0.3 is 21.3 Å². The van der Waals surface area contributed by atoms with E-state index in [1.807, 2.05) is 13.8 Å². The summed E-state index contributed by atoms with van der Waals surface area (Å²) in [5, 5.41) is 6.62. The van der Waals surface area contributed by atoms with Gasteiger partial charge >= 0.3 is 12.1 Å². The van der Waals surface area contributed by atoms with Gasteiger partial charge in [0.1, 0.15) is 18.1 Å². The van der Waals surface area contributed by atoms with Crippen molar-refractivity contribution in [2.24, 2.45) is 35.4 Å². The van der Waals surface area contributed by atoms with Crippen LogP contribution in [0.1, 0.15) is 46.2 Å². The Hall–Kier alpha value is -3.32. The third-order valence-electron chi connectivity index (χ3n) is 7.16. The second-order valence-electron chi connectivity index (χ2n) is 11.1. The number of H-pyrrole nitrogens is 1. The van der Waals surface area contributed by atoms with Gasteiger partial charge in [-0.05, 0) is 22.7 Å². The lowest BCUT2D eigenvalue weighted by molar-refractivity contribution is -0.176. The number of aromatic amines is 1. The van der Waals surface area contributed by atoms with Crippen LogP contribution in [0.15, 0.2) is 11.0 Å². The summed E-state index contributed by atoms with van der Waals surface area (Å²) >= 11 is 0. The normalized spacial score (nSPS) is 24.5. The summed E-state index contributed by atoms with van der Waals surface area (Å²) in [6.45, 7) is 8.35. The van der Waals surface area contributed by atoms with Crippen LogP contribution in [0.4, 0.5) is 13.2 Å². The van der Waals surface area contributed by atoms with Crippen molar-refractivity contribution >= 4 is 23.6 Å². The van der Waals surface area contributed by atoms with E-state index in [1.54, 1.807) is 5.32 Å². The summed E-state index contributed by atoms with van der Waals surface area (Å²) in [7, 11) is 1.50. The zero-order valence-corrected chi connectivity index (χ0v) is 20.8. The number of rotatable bonds is 6. The van der Waals surface area contributed by atoms with Gasteiger partial charge in [-0.25, -0.2) is 0 Å². The largest absolute Gasteiger partial charge is 0.471 e. The van der Waals surface area contributed by atoms with Crippen LogP contribution in [-0.2, 0) is 26.2 Å². The van der Waals surface area contributed by atoms with Crippen LogP contribution >= 0.6 is 0 Å². The fourth-order valence-electron chi connectivity index (χ4n) is 5.10. The molecule has 1 aliphatic carbocycles. The second-order valence-corrected chi connectivity index (χ2v) is 11.1. The number of fused-ring (bicyclic) bond motifs is 1. The number of aromatic nitrogens is 2. The molecule has 11 nitrogen and oxygen atoms in total. The second kappa shape index (κ2) is 8.66. The smallest absolute Gasteiger partial charge is 0.368 e. The molecule has 0 aromatic carbocycles. The summed E-state index contributed by atoms with van der Waals surface area (Å²) in [4.78, 5) is 64.1. The number of primary amides is 1. The molecule has 2 fully saturated rings. The maximum Gasteiger partial charge on any atom is 0.471 e. The molecule has 5 N–H and O–H groups in total. The number of hydrogen-bond acceptors (Lipinski definition) is 5. The van der Waals surface area contributed by atoms with Gasteiger partial charge in [0, 0.05) is 19.8 Å². The number of amides is 4. The van der Waals surface area contributed by atoms with Crippen LogP contribution in [0, 0.1) is 22.7 Å². The van der Waals surface area contributed by atoms with E-state index < -0.39 is 58.9 Å². The molecule has 2 aliphatic rings. The highest BCUT2D eigenvalue weighted by Gasteiger charge is 2.70.